The van der Waals surface area contributed by atoms with Crippen LogP contribution < -0.4 is 5.32 Å². The second-order valence-corrected chi connectivity index (χ2v) is 13.2. The maximum Gasteiger partial charge on any atom is 0.416 e. The first-order valence-corrected chi connectivity index (χ1v) is 15.4. The van der Waals surface area contributed by atoms with Crippen molar-refractivity contribution in [2.75, 3.05) is 11.1 Å². The Morgan fingerprint density at radius 2 is 1.67 bits per heavy atom. The SMILES string of the molecule is CC(C)(C)c1ccc(-c2nnc(SCC(=O)Nc3ncc(Cc4cc(C(F)(F)F)ccc4Cl)s3)n2-c2ccccc2)cc1. The molecule has 12 heteroatoms. The second-order valence-electron chi connectivity index (χ2n) is 10.8. The van der Waals surface area contributed by atoms with Crippen LogP contribution in [-0.2, 0) is 22.8 Å². The Morgan fingerprint density at radius 3 is 2.35 bits per heavy atom. The first kappa shape index (κ1) is 30.8. The molecule has 0 aliphatic carbocycles. The number of para-hydroxylation sites is 1. The molecule has 0 unspecified atom stereocenters. The van der Waals surface area contributed by atoms with Crippen molar-refractivity contribution in [2.24, 2.45) is 0 Å². The van der Waals surface area contributed by atoms with E-state index in [2.05, 4.69) is 53.4 Å². The minimum absolute atomic E-state index is 0.0173. The Labute approximate surface area is 260 Å². The average Bonchev–Trinajstić information content (AvgIpc) is 3.59. The van der Waals surface area contributed by atoms with Gasteiger partial charge in [-0.15, -0.1) is 21.5 Å². The zero-order chi connectivity index (χ0) is 30.8. The number of rotatable bonds is 8. The monoisotopic (exact) mass is 641 g/mol. The molecule has 2 heterocycles. The fourth-order valence-electron chi connectivity index (χ4n) is 4.29. The van der Waals surface area contributed by atoms with E-state index in [-0.39, 0.29) is 28.5 Å². The maximum atomic E-state index is 13.1. The van der Waals surface area contributed by atoms with Crippen molar-refractivity contribution in [1.29, 1.82) is 0 Å². The number of carbonyl (C=O) groups excluding carboxylic acids is 1. The molecule has 0 fully saturated rings. The van der Waals surface area contributed by atoms with Gasteiger partial charge in [-0.05, 0) is 46.9 Å². The summed E-state index contributed by atoms with van der Waals surface area (Å²) in [7, 11) is 0. The molecule has 0 aliphatic heterocycles. The molecule has 43 heavy (non-hydrogen) atoms. The van der Waals surface area contributed by atoms with Gasteiger partial charge in [-0.3, -0.25) is 9.36 Å². The summed E-state index contributed by atoms with van der Waals surface area (Å²) in [4.78, 5) is 17.7. The van der Waals surface area contributed by atoms with Crippen LogP contribution in [0.4, 0.5) is 18.3 Å². The summed E-state index contributed by atoms with van der Waals surface area (Å²) in [5.41, 5.74) is 2.55. The van der Waals surface area contributed by atoms with E-state index in [1.807, 2.05) is 47.0 Å². The molecule has 0 saturated carbocycles. The van der Waals surface area contributed by atoms with Crippen LogP contribution in [0.3, 0.4) is 0 Å². The highest BCUT2D eigenvalue weighted by molar-refractivity contribution is 7.99. The number of nitrogens with one attached hydrogen (secondary N) is 1. The third kappa shape index (κ3) is 7.46. The summed E-state index contributed by atoms with van der Waals surface area (Å²) < 4.78 is 41.3. The summed E-state index contributed by atoms with van der Waals surface area (Å²) >= 11 is 8.56. The zero-order valence-corrected chi connectivity index (χ0v) is 25.8. The van der Waals surface area contributed by atoms with E-state index in [1.165, 1.54) is 40.9 Å². The van der Waals surface area contributed by atoms with Gasteiger partial charge < -0.3 is 5.32 Å². The number of halogens is 4. The van der Waals surface area contributed by atoms with E-state index >= 15 is 0 Å². The van der Waals surface area contributed by atoms with Gasteiger partial charge in [0.25, 0.3) is 0 Å². The highest BCUT2D eigenvalue weighted by Gasteiger charge is 2.31. The Balaban J connectivity index is 1.29. The number of benzene rings is 3. The van der Waals surface area contributed by atoms with E-state index in [1.54, 1.807) is 0 Å². The van der Waals surface area contributed by atoms with E-state index < -0.39 is 11.7 Å². The molecule has 0 atom stereocenters. The molecule has 1 amide bonds. The Bertz CT molecular complexity index is 1730. The molecule has 1 N–H and O–H groups in total. The highest BCUT2D eigenvalue weighted by atomic mass is 35.5. The average molecular weight is 642 g/mol. The van der Waals surface area contributed by atoms with Crippen molar-refractivity contribution in [1.82, 2.24) is 19.7 Å². The van der Waals surface area contributed by atoms with Crippen LogP contribution in [0.15, 0.2) is 84.1 Å². The van der Waals surface area contributed by atoms with Gasteiger partial charge in [-0.25, -0.2) is 4.98 Å². The third-order valence-electron chi connectivity index (χ3n) is 6.53. The summed E-state index contributed by atoms with van der Waals surface area (Å²) in [6.45, 7) is 6.48. The predicted molar refractivity (Wildman–Crippen MR) is 166 cm³/mol. The number of nitrogens with zero attached hydrogens (tertiary/aromatic N) is 4. The third-order valence-corrected chi connectivity index (χ3v) is 8.74. The molecule has 0 bridgehead atoms. The molecule has 5 aromatic rings. The Morgan fingerprint density at radius 1 is 0.977 bits per heavy atom. The highest BCUT2D eigenvalue weighted by Crippen LogP contribution is 2.34. The molecule has 222 valence electrons. The molecule has 3 aromatic carbocycles. The van der Waals surface area contributed by atoms with Gasteiger partial charge in [0.2, 0.25) is 5.91 Å². The van der Waals surface area contributed by atoms with Gasteiger partial charge in [0.15, 0.2) is 16.1 Å². The topological polar surface area (TPSA) is 72.7 Å². The minimum Gasteiger partial charge on any atom is -0.301 e. The molecule has 0 spiro atoms. The quantitative estimate of drug-likeness (QED) is 0.172. The van der Waals surface area contributed by atoms with Crippen LogP contribution in [0.5, 0.6) is 0 Å². The summed E-state index contributed by atoms with van der Waals surface area (Å²) in [5, 5.41) is 12.7. The lowest BCUT2D eigenvalue weighted by Crippen LogP contribution is -2.14. The smallest absolute Gasteiger partial charge is 0.301 e. The van der Waals surface area contributed by atoms with Crippen molar-refractivity contribution in [3.63, 3.8) is 0 Å². The molecule has 0 radical (unpaired) electrons. The fourth-order valence-corrected chi connectivity index (χ4v) is 6.07. The molecule has 6 nitrogen and oxygen atoms in total. The van der Waals surface area contributed by atoms with Crippen LogP contribution in [-0.4, -0.2) is 31.4 Å². The number of thiazole rings is 1. The number of anilines is 1. The van der Waals surface area contributed by atoms with Crippen molar-refractivity contribution in [2.45, 2.75) is 43.9 Å². The normalized spacial score (nSPS) is 12.0. The number of hydrogen-bond acceptors (Lipinski definition) is 6. The summed E-state index contributed by atoms with van der Waals surface area (Å²) in [6, 6.07) is 21.1. The largest absolute Gasteiger partial charge is 0.416 e. The van der Waals surface area contributed by atoms with E-state index in [4.69, 9.17) is 11.6 Å². The lowest BCUT2D eigenvalue weighted by molar-refractivity contribution is -0.137. The van der Waals surface area contributed by atoms with Crippen LogP contribution >= 0.6 is 34.7 Å². The number of aromatic nitrogens is 4. The first-order valence-electron chi connectivity index (χ1n) is 13.2. The minimum atomic E-state index is -4.47. The molecule has 5 rings (SSSR count). The number of carbonyl (C=O) groups is 1. The van der Waals surface area contributed by atoms with Gasteiger partial charge in [-0.1, -0.05) is 86.6 Å². The van der Waals surface area contributed by atoms with Crippen LogP contribution in [0.1, 0.15) is 42.3 Å². The number of thioether (sulfide) groups is 1. The molecular weight excluding hydrogens is 615 g/mol. The maximum absolute atomic E-state index is 13.1. The van der Waals surface area contributed by atoms with Crippen molar-refractivity contribution in [3.05, 3.63) is 106 Å². The van der Waals surface area contributed by atoms with Crippen LogP contribution in [0.2, 0.25) is 5.02 Å². The second kappa shape index (κ2) is 12.5. The molecular formula is C31H27ClF3N5OS2. The fraction of sp³-hybridized carbons (Fsp3) is 0.226. The molecule has 2 aromatic heterocycles. The van der Waals surface area contributed by atoms with Crippen molar-refractivity contribution >= 4 is 45.7 Å². The van der Waals surface area contributed by atoms with Crippen LogP contribution in [0, 0.1) is 0 Å². The van der Waals surface area contributed by atoms with Crippen molar-refractivity contribution < 1.29 is 18.0 Å². The van der Waals surface area contributed by atoms with E-state index in [9.17, 15) is 18.0 Å². The number of amides is 1. The Kier molecular flexibility index (Phi) is 8.96. The van der Waals surface area contributed by atoms with Gasteiger partial charge in [-0.2, -0.15) is 13.2 Å². The van der Waals surface area contributed by atoms with Gasteiger partial charge in [0.05, 0.1) is 11.3 Å². The lowest BCUT2D eigenvalue weighted by Gasteiger charge is -2.19. The van der Waals surface area contributed by atoms with E-state index in [0.717, 1.165) is 23.4 Å². The van der Waals surface area contributed by atoms with Gasteiger partial charge in [0.1, 0.15) is 0 Å². The van der Waals surface area contributed by atoms with Gasteiger partial charge >= 0.3 is 6.18 Å². The molecule has 0 aliphatic rings. The van der Waals surface area contributed by atoms with E-state index in [0.29, 0.717) is 26.6 Å². The summed E-state index contributed by atoms with van der Waals surface area (Å²) in [5.74, 6) is 0.400. The number of hydrogen-bond donors (Lipinski definition) is 1. The standard InChI is InChI=1S/C31H27ClF3N5OS2/c1-30(2,3)21-11-9-19(10-12-21)27-38-39-29(40(27)23-7-5-4-6-8-23)42-18-26(41)37-28-36-17-24(43-28)16-20-15-22(31(33,34)35)13-14-25(20)32/h4-15,17H,16,18H2,1-3H3,(H,36,37,41). The summed E-state index contributed by atoms with van der Waals surface area (Å²) in [6.07, 6.45) is -2.79. The van der Waals surface area contributed by atoms with Crippen molar-refractivity contribution in [3.8, 4) is 17.1 Å². The molecule has 0 saturated heterocycles. The first-order chi connectivity index (χ1) is 20.4. The van der Waals surface area contributed by atoms with Crippen LogP contribution in [0.25, 0.3) is 17.1 Å². The zero-order valence-electron chi connectivity index (χ0n) is 23.4. The number of alkyl halides is 3. The Hall–Kier alpha value is -3.67. The van der Waals surface area contributed by atoms with Gasteiger partial charge in [0, 0.05) is 33.8 Å². The lowest BCUT2D eigenvalue weighted by atomic mass is 9.87. The predicted octanol–water partition coefficient (Wildman–Crippen LogP) is 8.68.